The van der Waals surface area contributed by atoms with Crippen LogP contribution in [0.4, 0.5) is 0 Å². The number of carbonyl (C=O) groups is 1. The highest BCUT2D eigenvalue weighted by molar-refractivity contribution is 5.82. The number of nitrogens with one attached hydrogen (secondary N) is 1. The third-order valence-corrected chi connectivity index (χ3v) is 3.45. The molecular weight excluding hydrogens is 220 g/mol. The Morgan fingerprint density at radius 2 is 2.47 bits per heavy atom. The minimum Gasteiger partial charge on any atom is -0.384 e. The van der Waals surface area contributed by atoms with Crippen LogP contribution in [0.15, 0.2) is 0 Å². The molecule has 2 rings (SSSR count). The van der Waals surface area contributed by atoms with Crippen LogP contribution in [-0.2, 0) is 14.3 Å². The molecule has 2 heterocycles. The van der Waals surface area contributed by atoms with E-state index in [9.17, 15) is 4.79 Å². The van der Waals surface area contributed by atoms with Gasteiger partial charge < -0.3 is 19.7 Å². The van der Waals surface area contributed by atoms with Crippen molar-refractivity contribution in [3.05, 3.63) is 0 Å². The number of rotatable bonds is 3. The molecule has 17 heavy (non-hydrogen) atoms. The van der Waals surface area contributed by atoms with Crippen LogP contribution in [0.3, 0.4) is 0 Å². The van der Waals surface area contributed by atoms with E-state index in [0.29, 0.717) is 19.1 Å². The zero-order chi connectivity index (χ0) is 12.1. The first kappa shape index (κ1) is 12.8. The summed E-state index contributed by atoms with van der Waals surface area (Å²) < 4.78 is 10.5. The molecule has 5 nitrogen and oxygen atoms in total. The lowest BCUT2D eigenvalue weighted by Gasteiger charge is -2.35. The zero-order valence-corrected chi connectivity index (χ0v) is 10.5. The lowest BCUT2D eigenvalue weighted by Crippen LogP contribution is -2.54. The Balaban J connectivity index is 1.85. The predicted molar refractivity (Wildman–Crippen MR) is 63.8 cm³/mol. The van der Waals surface area contributed by atoms with Crippen molar-refractivity contribution in [2.75, 3.05) is 46.6 Å². The number of likely N-dealkylation sites (tertiary alicyclic amines) is 1. The smallest absolute Gasteiger partial charge is 0.242 e. The van der Waals surface area contributed by atoms with Crippen LogP contribution in [0.25, 0.3) is 0 Å². The molecule has 0 aromatic carbocycles. The average Bonchev–Trinajstić information content (AvgIpc) is 2.40. The summed E-state index contributed by atoms with van der Waals surface area (Å²) in [5, 5.41) is 3.22. The maximum atomic E-state index is 12.2. The van der Waals surface area contributed by atoms with E-state index in [1.165, 1.54) is 0 Å². The van der Waals surface area contributed by atoms with E-state index in [0.717, 1.165) is 39.1 Å². The lowest BCUT2D eigenvalue weighted by atomic mass is 9.98. The van der Waals surface area contributed by atoms with Gasteiger partial charge in [-0.3, -0.25) is 4.79 Å². The second-order valence-electron chi connectivity index (χ2n) is 4.83. The van der Waals surface area contributed by atoms with Crippen LogP contribution in [0.5, 0.6) is 0 Å². The van der Waals surface area contributed by atoms with Crippen molar-refractivity contribution in [1.82, 2.24) is 10.2 Å². The highest BCUT2D eigenvalue weighted by atomic mass is 16.5. The Morgan fingerprint density at radius 1 is 1.59 bits per heavy atom. The Bertz CT molecular complexity index is 252. The van der Waals surface area contributed by atoms with Crippen LogP contribution in [0.2, 0.25) is 0 Å². The van der Waals surface area contributed by atoms with E-state index in [4.69, 9.17) is 9.47 Å². The summed E-state index contributed by atoms with van der Waals surface area (Å²) in [6.45, 7) is 4.42. The van der Waals surface area contributed by atoms with Gasteiger partial charge in [-0.15, -0.1) is 0 Å². The van der Waals surface area contributed by atoms with E-state index in [1.54, 1.807) is 7.11 Å². The van der Waals surface area contributed by atoms with Gasteiger partial charge in [0, 0.05) is 26.7 Å². The number of morpholine rings is 1. The SMILES string of the molecule is COC[C@H]1CCCN(C(=O)[C@@H]2COCCN2)C1. The highest BCUT2D eigenvalue weighted by Crippen LogP contribution is 2.17. The number of methoxy groups -OCH3 is 1. The Kier molecular flexibility index (Phi) is 4.76. The molecule has 0 radical (unpaired) electrons. The quantitative estimate of drug-likeness (QED) is 0.748. The molecule has 0 aromatic rings. The monoisotopic (exact) mass is 242 g/mol. The zero-order valence-electron chi connectivity index (χ0n) is 10.5. The van der Waals surface area contributed by atoms with E-state index in [2.05, 4.69) is 5.32 Å². The van der Waals surface area contributed by atoms with Crippen LogP contribution in [-0.4, -0.2) is 63.4 Å². The van der Waals surface area contributed by atoms with E-state index < -0.39 is 0 Å². The maximum absolute atomic E-state index is 12.2. The van der Waals surface area contributed by atoms with Gasteiger partial charge in [0.15, 0.2) is 0 Å². The van der Waals surface area contributed by atoms with Crippen molar-refractivity contribution >= 4 is 5.91 Å². The Morgan fingerprint density at radius 3 is 3.18 bits per heavy atom. The fourth-order valence-electron chi connectivity index (χ4n) is 2.58. The fraction of sp³-hybridized carbons (Fsp3) is 0.917. The minimum absolute atomic E-state index is 0.148. The number of carbonyl (C=O) groups excluding carboxylic acids is 1. The first-order valence-corrected chi connectivity index (χ1v) is 6.40. The molecule has 0 spiro atoms. The van der Waals surface area contributed by atoms with Crippen LogP contribution in [0.1, 0.15) is 12.8 Å². The number of piperidine rings is 1. The summed E-state index contributed by atoms with van der Waals surface area (Å²) >= 11 is 0. The van der Waals surface area contributed by atoms with Gasteiger partial charge in [0.25, 0.3) is 0 Å². The molecule has 0 aromatic heterocycles. The van der Waals surface area contributed by atoms with Crippen LogP contribution >= 0.6 is 0 Å². The van der Waals surface area contributed by atoms with Gasteiger partial charge in [0.05, 0.1) is 19.8 Å². The number of hydrogen-bond donors (Lipinski definition) is 1. The van der Waals surface area contributed by atoms with Crippen molar-refractivity contribution < 1.29 is 14.3 Å². The topological polar surface area (TPSA) is 50.8 Å². The molecule has 2 fully saturated rings. The van der Waals surface area contributed by atoms with Gasteiger partial charge >= 0.3 is 0 Å². The molecule has 2 aliphatic rings. The van der Waals surface area contributed by atoms with E-state index in [-0.39, 0.29) is 11.9 Å². The normalized spacial score (nSPS) is 30.3. The fourth-order valence-corrected chi connectivity index (χ4v) is 2.58. The molecule has 1 amide bonds. The number of hydrogen-bond acceptors (Lipinski definition) is 4. The van der Waals surface area contributed by atoms with Crippen molar-refractivity contribution in [1.29, 1.82) is 0 Å². The third kappa shape index (κ3) is 3.40. The number of amides is 1. The Hall–Kier alpha value is -0.650. The molecule has 0 saturated carbocycles. The molecule has 5 heteroatoms. The number of ether oxygens (including phenoxy) is 2. The minimum atomic E-state index is -0.148. The van der Waals surface area contributed by atoms with Crippen LogP contribution in [0, 0.1) is 5.92 Å². The molecule has 2 aliphatic heterocycles. The summed E-state index contributed by atoms with van der Waals surface area (Å²) in [4.78, 5) is 14.2. The van der Waals surface area contributed by atoms with Gasteiger partial charge in [-0.2, -0.15) is 0 Å². The third-order valence-electron chi connectivity index (χ3n) is 3.45. The molecule has 1 N–H and O–H groups in total. The van der Waals surface area contributed by atoms with Crippen LogP contribution < -0.4 is 5.32 Å². The van der Waals surface area contributed by atoms with Gasteiger partial charge in [-0.25, -0.2) is 0 Å². The van der Waals surface area contributed by atoms with Gasteiger partial charge in [0.1, 0.15) is 6.04 Å². The molecule has 0 aliphatic carbocycles. The first-order valence-electron chi connectivity index (χ1n) is 6.40. The molecule has 0 bridgehead atoms. The van der Waals surface area contributed by atoms with Crippen molar-refractivity contribution in [2.24, 2.45) is 5.92 Å². The van der Waals surface area contributed by atoms with Gasteiger partial charge in [-0.1, -0.05) is 0 Å². The largest absolute Gasteiger partial charge is 0.384 e. The van der Waals surface area contributed by atoms with E-state index >= 15 is 0 Å². The average molecular weight is 242 g/mol. The molecule has 2 saturated heterocycles. The molecule has 2 atom stereocenters. The summed E-state index contributed by atoms with van der Waals surface area (Å²) in [5.41, 5.74) is 0. The van der Waals surface area contributed by atoms with Crippen molar-refractivity contribution in [3.8, 4) is 0 Å². The summed E-state index contributed by atoms with van der Waals surface area (Å²) in [6.07, 6.45) is 2.24. The highest BCUT2D eigenvalue weighted by Gasteiger charge is 2.29. The number of nitrogens with zero attached hydrogens (tertiary/aromatic N) is 1. The first-order chi connectivity index (χ1) is 8.31. The van der Waals surface area contributed by atoms with Crippen molar-refractivity contribution in [3.63, 3.8) is 0 Å². The van der Waals surface area contributed by atoms with Gasteiger partial charge in [0.2, 0.25) is 5.91 Å². The lowest BCUT2D eigenvalue weighted by molar-refractivity contribution is -0.138. The summed E-state index contributed by atoms with van der Waals surface area (Å²) in [7, 11) is 1.72. The standard InChI is InChI=1S/C12H22N2O3/c1-16-8-10-3-2-5-14(7-10)12(15)11-9-17-6-4-13-11/h10-11,13H,2-9H2,1H3/t10-,11-/m0/s1. The Labute approximate surface area is 102 Å². The predicted octanol–water partition coefficient (Wildman–Crippen LogP) is -0.140. The summed E-state index contributed by atoms with van der Waals surface area (Å²) in [5.74, 6) is 0.674. The summed E-state index contributed by atoms with van der Waals surface area (Å²) in [6, 6.07) is -0.148. The van der Waals surface area contributed by atoms with Crippen molar-refractivity contribution in [2.45, 2.75) is 18.9 Å². The second-order valence-corrected chi connectivity index (χ2v) is 4.83. The second kappa shape index (κ2) is 6.33. The molecule has 98 valence electrons. The van der Waals surface area contributed by atoms with E-state index in [1.807, 2.05) is 4.90 Å². The maximum Gasteiger partial charge on any atom is 0.242 e. The van der Waals surface area contributed by atoms with Gasteiger partial charge in [-0.05, 0) is 18.8 Å². The molecular formula is C12H22N2O3. The molecule has 0 unspecified atom stereocenters.